The Morgan fingerprint density at radius 3 is 1.44 bits per heavy atom. The zero-order chi connectivity index (χ0) is 19.1. The van der Waals surface area contributed by atoms with Crippen LogP contribution >= 0.6 is 0 Å². The van der Waals surface area contributed by atoms with E-state index < -0.39 is 80.7 Å². The summed E-state index contributed by atoms with van der Waals surface area (Å²) in [7, 11) is 0. The first kappa shape index (κ1) is 21.7. The van der Waals surface area contributed by atoms with Crippen molar-refractivity contribution >= 4 is 11.9 Å². The second kappa shape index (κ2) is 9.94. The van der Waals surface area contributed by atoms with Crippen LogP contribution in [0.5, 0.6) is 0 Å². The third kappa shape index (κ3) is 5.83. The van der Waals surface area contributed by atoms with Crippen LogP contribution in [0.2, 0.25) is 0 Å². The van der Waals surface area contributed by atoms with Gasteiger partial charge in [-0.3, -0.25) is 20.2 Å². The number of hydrogen-bond donors (Lipinski definition) is 10. The molecule has 0 aromatic heterocycles. The normalized spacial score (nSPS) is 32.7. The van der Waals surface area contributed by atoms with Crippen LogP contribution in [0, 0.1) is 0 Å². The number of rotatable bonds is 10. The first-order valence-corrected chi connectivity index (χ1v) is 7.65. The molecule has 0 radical (unpaired) electrons. The average molecular weight is 367 g/mol. The van der Waals surface area contributed by atoms with Gasteiger partial charge in [-0.15, -0.1) is 0 Å². The zero-order valence-electron chi connectivity index (χ0n) is 13.3. The molecule has 25 heavy (non-hydrogen) atoms. The number of aliphatic hydroxyl groups is 5. The molecule has 0 unspecified atom stereocenters. The van der Waals surface area contributed by atoms with Gasteiger partial charge >= 0.3 is 11.9 Å². The van der Waals surface area contributed by atoms with E-state index in [9.17, 15) is 24.9 Å². The minimum absolute atomic E-state index is 0.505. The predicted octanol–water partition coefficient (Wildman–Crippen LogP) is -5.52. The molecule has 1 rings (SSSR count). The summed E-state index contributed by atoms with van der Waals surface area (Å²) < 4.78 is 0. The van der Waals surface area contributed by atoms with Gasteiger partial charge in [0, 0.05) is 0 Å². The summed E-state index contributed by atoms with van der Waals surface area (Å²) in [6.07, 6.45) is -4.45. The Morgan fingerprint density at radius 2 is 1.12 bits per heavy atom. The number of carbonyl (C=O) groups is 2. The number of aliphatic carboxylic acids is 2. The molecule has 0 spiro atoms. The van der Waals surface area contributed by atoms with Gasteiger partial charge in [-0.1, -0.05) is 0 Å². The van der Waals surface area contributed by atoms with E-state index in [0.717, 1.165) is 0 Å². The second-order valence-electron chi connectivity index (χ2n) is 5.83. The van der Waals surface area contributed by atoms with Crippen LogP contribution in [-0.4, -0.2) is 116 Å². The SMILES string of the molecule is O=C(O)CN[C@@H]1[C@H](O)[C@H](NCC(=O)O)[C@H](O)[C@H](NC(CO)CO)[C@@H]1O. The van der Waals surface area contributed by atoms with E-state index in [4.69, 9.17) is 20.4 Å². The second-order valence-corrected chi connectivity index (χ2v) is 5.83. The Morgan fingerprint density at radius 1 is 0.760 bits per heavy atom. The monoisotopic (exact) mass is 367 g/mol. The maximum absolute atomic E-state index is 10.7. The van der Waals surface area contributed by atoms with Crippen molar-refractivity contribution in [3.63, 3.8) is 0 Å². The standard InChI is InChI=1S/C13H25N3O9/c17-3-5(4-18)16-10-12(24)8(14-1-6(19)20)11(23)9(13(10)25)15-2-7(21)22/h5,8-18,23-25H,1-4H2,(H,19,20)(H,21,22)/t8-,9+,10-,11+,12-,13+. The molecule has 0 aliphatic heterocycles. The van der Waals surface area contributed by atoms with E-state index in [0.29, 0.717) is 0 Å². The largest absolute Gasteiger partial charge is 0.480 e. The molecule has 0 aromatic rings. The van der Waals surface area contributed by atoms with Crippen LogP contribution in [0.3, 0.4) is 0 Å². The number of aliphatic hydroxyl groups excluding tert-OH is 5. The van der Waals surface area contributed by atoms with Crippen molar-refractivity contribution in [1.29, 1.82) is 0 Å². The molecule has 1 aliphatic carbocycles. The number of hydrogen-bond acceptors (Lipinski definition) is 10. The molecule has 12 heteroatoms. The molecule has 0 heterocycles. The van der Waals surface area contributed by atoms with Crippen LogP contribution in [0.15, 0.2) is 0 Å². The lowest BCUT2D eigenvalue weighted by Crippen LogP contribution is -2.75. The molecule has 146 valence electrons. The van der Waals surface area contributed by atoms with E-state index >= 15 is 0 Å². The minimum Gasteiger partial charge on any atom is -0.480 e. The van der Waals surface area contributed by atoms with Crippen LogP contribution < -0.4 is 16.0 Å². The van der Waals surface area contributed by atoms with Crippen LogP contribution in [0.4, 0.5) is 0 Å². The summed E-state index contributed by atoms with van der Waals surface area (Å²) >= 11 is 0. The Bertz CT molecular complexity index is 416. The van der Waals surface area contributed by atoms with E-state index in [1.807, 2.05) is 0 Å². The summed E-state index contributed by atoms with van der Waals surface area (Å²) in [5, 5.41) is 74.3. The van der Waals surface area contributed by atoms with Gasteiger partial charge in [0.15, 0.2) is 0 Å². The summed E-state index contributed by atoms with van der Waals surface area (Å²) in [5.41, 5.74) is 0. The van der Waals surface area contributed by atoms with Gasteiger partial charge in [0.1, 0.15) is 0 Å². The van der Waals surface area contributed by atoms with E-state index in [1.54, 1.807) is 0 Å². The van der Waals surface area contributed by atoms with E-state index in [-0.39, 0.29) is 0 Å². The van der Waals surface area contributed by atoms with Crippen molar-refractivity contribution in [3.8, 4) is 0 Å². The Kier molecular flexibility index (Phi) is 8.61. The third-order valence-electron chi connectivity index (χ3n) is 4.05. The van der Waals surface area contributed by atoms with Crippen molar-refractivity contribution < 1.29 is 45.3 Å². The molecule has 10 N–H and O–H groups in total. The van der Waals surface area contributed by atoms with Crippen LogP contribution in [0.1, 0.15) is 0 Å². The minimum atomic E-state index is -1.50. The fourth-order valence-electron chi connectivity index (χ4n) is 2.80. The summed E-state index contributed by atoms with van der Waals surface area (Å²) in [6.45, 7) is -2.18. The molecular formula is C13H25N3O9. The molecule has 1 fully saturated rings. The molecule has 0 amide bonds. The van der Waals surface area contributed by atoms with Crippen LogP contribution in [-0.2, 0) is 9.59 Å². The van der Waals surface area contributed by atoms with Crippen molar-refractivity contribution in [3.05, 3.63) is 0 Å². The van der Waals surface area contributed by atoms with Gasteiger partial charge in [-0.05, 0) is 0 Å². The lowest BCUT2D eigenvalue weighted by molar-refractivity contribution is -0.138. The number of carboxylic acid groups (broad SMARTS) is 2. The van der Waals surface area contributed by atoms with Gasteiger partial charge in [0.2, 0.25) is 0 Å². The molecular weight excluding hydrogens is 342 g/mol. The molecule has 6 atom stereocenters. The van der Waals surface area contributed by atoms with Crippen molar-refractivity contribution in [1.82, 2.24) is 16.0 Å². The Labute approximate surface area is 143 Å². The van der Waals surface area contributed by atoms with E-state index in [2.05, 4.69) is 16.0 Å². The molecule has 0 saturated heterocycles. The highest BCUT2D eigenvalue weighted by Gasteiger charge is 2.49. The highest BCUT2D eigenvalue weighted by Crippen LogP contribution is 2.22. The molecule has 12 nitrogen and oxygen atoms in total. The van der Waals surface area contributed by atoms with Gasteiger partial charge in [0.05, 0.1) is 68.8 Å². The van der Waals surface area contributed by atoms with Crippen molar-refractivity contribution in [2.24, 2.45) is 0 Å². The highest BCUT2D eigenvalue weighted by atomic mass is 16.4. The van der Waals surface area contributed by atoms with Gasteiger partial charge < -0.3 is 41.1 Å². The summed E-state index contributed by atoms with van der Waals surface area (Å²) in [5.74, 6) is -2.48. The van der Waals surface area contributed by atoms with E-state index in [1.165, 1.54) is 0 Å². The Hall–Kier alpha value is -1.38. The zero-order valence-corrected chi connectivity index (χ0v) is 13.3. The van der Waals surface area contributed by atoms with Crippen molar-refractivity contribution in [2.45, 2.75) is 42.5 Å². The molecule has 0 bridgehead atoms. The number of nitrogens with one attached hydrogen (secondary N) is 3. The van der Waals surface area contributed by atoms with Gasteiger partial charge in [-0.25, -0.2) is 0 Å². The average Bonchev–Trinajstić information content (AvgIpc) is 2.54. The Balaban J connectivity index is 2.99. The summed E-state index contributed by atoms with van der Waals surface area (Å²) in [6, 6.07) is -4.47. The molecule has 1 aliphatic rings. The summed E-state index contributed by atoms with van der Waals surface area (Å²) in [4.78, 5) is 21.4. The van der Waals surface area contributed by atoms with Gasteiger partial charge in [-0.2, -0.15) is 0 Å². The molecule has 0 aromatic carbocycles. The lowest BCUT2D eigenvalue weighted by atomic mass is 9.79. The van der Waals surface area contributed by atoms with Crippen molar-refractivity contribution in [2.75, 3.05) is 26.3 Å². The molecule has 1 saturated carbocycles. The first-order chi connectivity index (χ1) is 11.7. The third-order valence-corrected chi connectivity index (χ3v) is 4.05. The maximum atomic E-state index is 10.7. The maximum Gasteiger partial charge on any atom is 0.317 e. The quantitative estimate of drug-likeness (QED) is 0.175. The topological polar surface area (TPSA) is 212 Å². The predicted molar refractivity (Wildman–Crippen MR) is 81.8 cm³/mol. The first-order valence-electron chi connectivity index (χ1n) is 7.65. The number of carboxylic acids is 2. The fourth-order valence-corrected chi connectivity index (χ4v) is 2.80. The smallest absolute Gasteiger partial charge is 0.317 e. The van der Waals surface area contributed by atoms with Gasteiger partial charge in [0.25, 0.3) is 0 Å². The lowest BCUT2D eigenvalue weighted by Gasteiger charge is -2.47. The fraction of sp³-hybridized carbons (Fsp3) is 0.846. The highest BCUT2D eigenvalue weighted by molar-refractivity contribution is 5.69. The van der Waals surface area contributed by atoms with Crippen LogP contribution in [0.25, 0.3) is 0 Å².